The van der Waals surface area contributed by atoms with Crippen LogP contribution < -0.4 is 5.32 Å². The third-order valence-corrected chi connectivity index (χ3v) is 2.79. The van der Waals surface area contributed by atoms with Crippen LogP contribution >= 0.6 is 11.6 Å². The molecule has 2 aromatic heterocycles. The number of rotatable bonds is 3. The Labute approximate surface area is 119 Å². The normalized spacial score (nSPS) is 10.1. The number of aromatic carboxylic acids is 1. The van der Waals surface area contributed by atoms with Gasteiger partial charge in [0.05, 0.1) is 28.0 Å². The van der Waals surface area contributed by atoms with Crippen LogP contribution in [0, 0.1) is 6.92 Å². The van der Waals surface area contributed by atoms with Crippen molar-refractivity contribution in [1.82, 2.24) is 9.97 Å². The molecule has 20 heavy (non-hydrogen) atoms. The number of nitrogens with zero attached hydrogens (tertiary/aromatic N) is 2. The van der Waals surface area contributed by atoms with Crippen molar-refractivity contribution in [3.05, 3.63) is 52.6 Å². The molecule has 0 aromatic carbocycles. The van der Waals surface area contributed by atoms with Gasteiger partial charge in [-0.05, 0) is 19.1 Å². The van der Waals surface area contributed by atoms with E-state index in [2.05, 4.69) is 15.3 Å². The minimum absolute atomic E-state index is 0.0177. The number of halogens is 1. The molecule has 0 aliphatic carbocycles. The van der Waals surface area contributed by atoms with Crippen molar-refractivity contribution in [2.75, 3.05) is 5.32 Å². The molecule has 0 aliphatic heterocycles. The summed E-state index contributed by atoms with van der Waals surface area (Å²) in [7, 11) is 0. The van der Waals surface area contributed by atoms with Crippen molar-refractivity contribution in [2.24, 2.45) is 0 Å². The minimum atomic E-state index is -1.12. The third kappa shape index (κ3) is 3.10. The molecule has 0 unspecified atom stereocenters. The van der Waals surface area contributed by atoms with Crippen LogP contribution in [0.15, 0.2) is 30.7 Å². The Kier molecular flexibility index (Phi) is 3.95. The summed E-state index contributed by atoms with van der Waals surface area (Å²) in [6.07, 6.45) is 3.90. The lowest BCUT2D eigenvalue weighted by molar-refractivity contribution is 0.0696. The Morgan fingerprint density at radius 3 is 2.65 bits per heavy atom. The van der Waals surface area contributed by atoms with Gasteiger partial charge in [0, 0.05) is 18.1 Å². The monoisotopic (exact) mass is 291 g/mol. The molecule has 0 bridgehead atoms. The fraction of sp³-hybridized carbons (Fsp3) is 0.0769. The average Bonchev–Trinajstić information content (AvgIpc) is 2.38. The number of aryl methyl sites for hydroxylation is 1. The number of nitrogens with one attached hydrogen (secondary N) is 1. The molecule has 0 fully saturated rings. The number of hydrogen-bond acceptors (Lipinski definition) is 4. The maximum Gasteiger partial charge on any atom is 0.337 e. The minimum Gasteiger partial charge on any atom is -0.478 e. The van der Waals surface area contributed by atoms with Crippen LogP contribution in [0.5, 0.6) is 0 Å². The van der Waals surface area contributed by atoms with E-state index in [0.717, 1.165) is 0 Å². The highest BCUT2D eigenvalue weighted by Crippen LogP contribution is 2.17. The summed E-state index contributed by atoms with van der Waals surface area (Å²) in [5, 5.41) is 11.7. The van der Waals surface area contributed by atoms with Crippen LogP contribution in [-0.4, -0.2) is 27.0 Å². The molecule has 0 radical (unpaired) electrons. The van der Waals surface area contributed by atoms with Crippen molar-refractivity contribution in [3.8, 4) is 0 Å². The lowest BCUT2D eigenvalue weighted by Gasteiger charge is -2.07. The van der Waals surface area contributed by atoms with Crippen molar-refractivity contribution in [3.63, 3.8) is 0 Å². The van der Waals surface area contributed by atoms with E-state index in [0.29, 0.717) is 5.69 Å². The van der Waals surface area contributed by atoms with E-state index in [9.17, 15) is 9.59 Å². The van der Waals surface area contributed by atoms with E-state index in [1.54, 1.807) is 13.0 Å². The summed E-state index contributed by atoms with van der Waals surface area (Å²) in [5.74, 6) is -1.60. The summed E-state index contributed by atoms with van der Waals surface area (Å²) < 4.78 is 0. The van der Waals surface area contributed by atoms with E-state index < -0.39 is 11.9 Å². The Bertz CT molecular complexity index is 688. The topological polar surface area (TPSA) is 92.2 Å². The van der Waals surface area contributed by atoms with Gasteiger partial charge in [-0.25, -0.2) is 4.79 Å². The third-order valence-electron chi connectivity index (χ3n) is 2.48. The van der Waals surface area contributed by atoms with Crippen LogP contribution in [0.2, 0.25) is 5.02 Å². The second-order valence-electron chi connectivity index (χ2n) is 4.03. The van der Waals surface area contributed by atoms with Gasteiger partial charge in [0.25, 0.3) is 5.91 Å². The van der Waals surface area contributed by atoms with Crippen LogP contribution in [0.3, 0.4) is 0 Å². The van der Waals surface area contributed by atoms with E-state index in [1.165, 1.54) is 24.7 Å². The van der Waals surface area contributed by atoms with Crippen molar-refractivity contribution < 1.29 is 14.7 Å². The highest BCUT2D eigenvalue weighted by molar-refractivity contribution is 6.34. The average molecular weight is 292 g/mol. The maximum absolute atomic E-state index is 12.0. The van der Waals surface area contributed by atoms with E-state index >= 15 is 0 Å². The first kappa shape index (κ1) is 14.0. The maximum atomic E-state index is 12.0. The second kappa shape index (κ2) is 5.66. The number of carboxylic acids is 1. The zero-order valence-corrected chi connectivity index (χ0v) is 11.2. The Hall–Kier alpha value is -2.47. The highest BCUT2D eigenvalue weighted by atomic mass is 35.5. The molecule has 2 heterocycles. The molecule has 0 atom stereocenters. The SMILES string of the molecule is Cc1cc(Cl)c(C(=O)Nc2cncc(C(=O)O)c2)cn1. The fourth-order valence-corrected chi connectivity index (χ4v) is 1.81. The number of hydrogen-bond donors (Lipinski definition) is 2. The van der Waals surface area contributed by atoms with Crippen molar-refractivity contribution in [2.45, 2.75) is 6.92 Å². The molecule has 7 heteroatoms. The first-order valence-electron chi connectivity index (χ1n) is 5.59. The first-order valence-corrected chi connectivity index (χ1v) is 5.97. The summed E-state index contributed by atoms with van der Waals surface area (Å²) in [6.45, 7) is 1.76. The molecule has 0 aliphatic rings. The van der Waals surface area contributed by atoms with Gasteiger partial charge < -0.3 is 10.4 Å². The fourth-order valence-electron chi connectivity index (χ4n) is 1.52. The van der Waals surface area contributed by atoms with E-state index in [1.807, 2.05) is 0 Å². The van der Waals surface area contributed by atoms with Gasteiger partial charge in [0.1, 0.15) is 0 Å². The van der Waals surface area contributed by atoms with Gasteiger partial charge in [-0.3, -0.25) is 14.8 Å². The van der Waals surface area contributed by atoms with Crippen molar-refractivity contribution >= 4 is 29.2 Å². The van der Waals surface area contributed by atoms with Gasteiger partial charge >= 0.3 is 5.97 Å². The van der Waals surface area contributed by atoms with E-state index in [-0.39, 0.29) is 21.8 Å². The Balaban J connectivity index is 2.23. The first-order chi connectivity index (χ1) is 9.47. The molecule has 0 saturated heterocycles. The largest absolute Gasteiger partial charge is 0.478 e. The molecule has 1 amide bonds. The highest BCUT2D eigenvalue weighted by Gasteiger charge is 2.12. The standard InChI is InChI=1S/C13H10ClN3O3/c1-7-2-11(14)10(6-16-7)12(18)17-9-3-8(13(19)20)4-15-5-9/h2-6H,1H3,(H,17,18)(H,19,20). The molecular weight excluding hydrogens is 282 g/mol. The van der Waals surface area contributed by atoms with Gasteiger partial charge in [0.2, 0.25) is 0 Å². The summed E-state index contributed by atoms with van der Waals surface area (Å²) >= 11 is 5.96. The molecule has 6 nitrogen and oxygen atoms in total. The lowest BCUT2D eigenvalue weighted by atomic mass is 10.2. The number of pyridine rings is 2. The van der Waals surface area contributed by atoms with Gasteiger partial charge in [-0.15, -0.1) is 0 Å². The van der Waals surface area contributed by atoms with Gasteiger partial charge in [-0.1, -0.05) is 11.6 Å². The number of carbonyl (C=O) groups excluding carboxylic acids is 1. The molecule has 2 aromatic rings. The van der Waals surface area contributed by atoms with Gasteiger partial charge in [-0.2, -0.15) is 0 Å². The molecule has 2 N–H and O–H groups in total. The molecule has 0 saturated carbocycles. The quantitative estimate of drug-likeness (QED) is 0.906. The van der Waals surface area contributed by atoms with Crippen LogP contribution in [-0.2, 0) is 0 Å². The predicted molar refractivity (Wildman–Crippen MR) is 73.1 cm³/mol. The summed E-state index contributed by atoms with van der Waals surface area (Å²) in [6, 6.07) is 2.88. The van der Waals surface area contributed by atoms with Gasteiger partial charge in [0.15, 0.2) is 0 Å². The number of anilines is 1. The van der Waals surface area contributed by atoms with Crippen molar-refractivity contribution in [1.29, 1.82) is 0 Å². The number of aromatic nitrogens is 2. The number of carbonyl (C=O) groups is 2. The zero-order valence-electron chi connectivity index (χ0n) is 10.4. The molecular formula is C13H10ClN3O3. The summed E-state index contributed by atoms with van der Waals surface area (Å²) in [5.41, 5.74) is 1.15. The Morgan fingerprint density at radius 1 is 1.25 bits per heavy atom. The van der Waals surface area contributed by atoms with Crippen LogP contribution in [0.4, 0.5) is 5.69 Å². The zero-order chi connectivity index (χ0) is 14.7. The molecule has 102 valence electrons. The van der Waals surface area contributed by atoms with Crippen LogP contribution in [0.25, 0.3) is 0 Å². The summed E-state index contributed by atoms with van der Waals surface area (Å²) in [4.78, 5) is 30.6. The lowest BCUT2D eigenvalue weighted by Crippen LogP contribution is -2.14. The number of amides is 1. The second-order valence-corrected chi connectivity index (χ2v) is 4.43. The van der Waals surface area contributed by atoms with E-state index in [4.69, 9.17) is 16.7 Å². The predicted octanol–water partition coefficient (Wildman–Crippen LogP) is 2.39. The Morgan fingerprint density at radius 2 is 2.00 bits per heavy atom. The smallest absolute Gasteiger partial charge is 0.337 e. The molecule has 0 spiro atoms. The van der Waals surface area contributed by atoms with Crippen LogP contribution in [0.1, 0.15) is 26.4 Å². The number of carboxylic acid groups (broad SMARTS) is 1. The molecule has 2 rings (SSSR count).